The van der Waals surface area contributed by atoms with Crippen molar-refractivity contribution in [1.29, 1.82) is 0 Å². The maximum Gasteiger partial charge on any atom is 0.515 e. The average molecular weight is 391 g/mol. The Morgan fingerprint density at radius 3 is 2.36 bits per heavy atom. The van der Waals surface area contributed by atoms with Crippen molar-refractivity contribution in [3.05, 3.63) is 0 Å². The summed E-state index contributed by atoms with van der Waals surface area (Å²) >= 11 is 0. The van der Waals surface area contributed by atoms with Crippen LogP contribution < -0.4 is 0 Å². The van der Waals surface area contributed by atoms with E-state index < -0.39 is 6.16 Å². The summed E-state index contributed by atoms with van der Waals surface area (Å²) < 4.78 is 11.3. The Bertz CT molecular complexity index is 552. The smallest absolute Gasteiger partial charge is 0.431 e. The molecule has 5 heteroatoms. The fourth-order valence-electron chi connectivity index (χ4n) is 5.92. The van der Waals surface area contributed by atoms with Crippen molar-refractivity contribution < 1.29 is 14.3 Å². The summed E-state index contributed by atoms with van der Waals surface area (Å²) in [6.45, 7) is 2.23. The van der Waals surface area contributed by atoms with Gasteiger partial charge in [0.25, 0.3) is 0 Å². The molecule has 0 aromatic rings. The predicted octanol–water partition coefficient (Wildman–Crippen LogP) is 6.02. The number of hydrogen-bond acceptors (Lipinski definition) is 5. The maximum absolute atomic E-state index is 12.4. The Morgan fingerprint density at radius 2 is 1.64 bits per heavy atom. The molecular formula is C23H38N2O3. The van der Waals surface area contributed by atoms with Gasteiger partial charge >= 0.3 is 6.16 Å². The van der Waals surface area contributed by atoms with E-state index in [0.717, 1.165) is 25.7 Å². The van der Waals surface area contributed by atoms with Crippen molar-refractivity contribution >= 4 is 12.1 Å². The van der Waals surface area contributed by atoms with Crippen molar-refractivity contribution in [2.24, 2.45) is 16.9 Å². The summed E-state index contributed by atoms with van der Waals surface area (Å²) in [4.78, 5) is 12.4. The molecule has 3 unspecified atom stereocenters. The maximum atomic E-state index is 12.4. The minimum absolute atomic E-state index is 0.0156. The summed E-state index contributed by atoms with van der Waals surface area (Å²) in [7, 11) is 0. The molecule has 4 aliphatic rings. The van der Waals surface area contributed by atoms with E-state index in [0.29, 0.717) is 29.8 Å². The molecule has 0 aromatic heterocycles. The first-order valence-electron chi connectivity index (χ1n) is 11.9. The molecule has 3 atom stereocenters. The largest absolute Gasteiger partial charge is 0.515 e. The van der Waals surface area contributed by atoms with E-state index in [9.17, 15) is 4.79 Å². The van der Waals surface area contributed by atoms with E-state index >= 15 is 0 Å². The first-order valence-corrected chi connectivity index (χ1v) is 11.9. The molecular weight excluding hydrogens is 352 g/mol. The van der Waals surface area contributed by atoms with E-state index in [1.165, 1.54) is 70.6 Å². The van der Waals surface area contributed by atoms with Crippen LogP contribution in [0.2, 0.25) is 0 Å². The van der Waals surface area contributed by atoms with Crippen LogP contribution in [0.3, 0.4) is 0 Å². The lowest BCUT2D eigenvalue weighted by atomic mass is 9.81. The highest BCUT2D eigenvalue weighted by Crippen LogP contribution is 2.37. The van der Waals surface area contributed by atoms with E-state index in [2.05, 4.69) is 11.9 Å². The second-order valence-electron chi connectivity index (χ2n) is 9.70. The highest BCUT2D eigenvalue weighted by molar-refractivity contribution is 5.87. The lowest BCUT2D eigenvalue weighted by Gasteiger charge is -2.39. The van der Waals surface area contributed by atoms with Gasteiger partial charge < -0.3 is 9.47 Å². The molecule has 0 N–H and O–H groups in total. The monoisotopic (exact) mass is 390 g/mol. The normalized spacial score (nSPS) is 32.8. The molecule has 158 valence electrons. The second-order valence-corrected chi connectivity index (χ2v) is 9.70. The number of nitrogens with zero attached hydrogens (tertiary/aromatic N) is 2. The third-order valence-electron chi connectivity index (χ3n) is 7.45. The van der Waals surface area contributed by atoms with Crippen LogP contribution in [0.1, 0.15) is 103 Å². The molecule has 0 amide bonds. The van der Waals surface area contributed by atoms with E-state index in [1.54, 1.807) is 0 Å². The van der Waals surface area contributed by atoms with Crippen LogP contribution in [0.4, 0.5) is 4.79 Å². The number of hydrogen-bond donors (Lipinski definition) is 0. The van der Waals surface area contributed by atoms with E-state index in [1.807, 2.05) is 0 Å². The Labute approximate surface area is 170 Å². The SMILES string of the molecule is CC1CCCC(OC(=O)OC2=NN(C3CCCCC3)C(C3CCCCC3)C2)C1. The highest BCUT2D eigenvalue weighted by Gasteiger charge is 2.39. The summed E-state index contributed by atoms with van der Waals surface area (Å²) in [6.07, 6.45) is 17.6. The molecule has 28 heavy (non-hydrogen) atoms. The molecule has 0 saturated heterocycles. The lowest BCUT2D eigenvalue weighted by Crippen LogP contribution is -2.42. The summed E-state index contributed by atoms with van der Waals surface area (Å²) in [6, 6.07) is 0.942. The number of carbonyl (C=O) groups excluding carboxylic acids is 1. The Morgan fingerprint density at radius 1 is 0.929 bits per heavy atom. The minimum Gasteiger partial charge on any atom is -0.431 e. The molecule has 4 rings (SSSR count). The van der Waals surface area contributed by atoms with Gasteiger partial charge in [-0.2, -0.15) is 0 Å². The molecule has 0 radical (unpaired) electrons. The first kappa shape index (κ1) is 20.0. The summed E-state index contributed by atoms with van der Waals surface area (Å²) in [5.74, 6) is 1.92. The molecule has 0 spiro atoms. The predicted molar refractivity (Wildman–Crippen MR) is 110 cm³/mol. The second kappa shape index (κ2) is 9.49. The van der Waals surface area contributed by atoms with Crippen LogP contribution in [0.25, 0.3) is 0 Å². The first-order chi connectivity index (χ1) is 13.7. The van der Waals surface area contributed by atoms with Crippen LogP contribution in [-0.2, 0) is 9.47 Å². The molecule has 3 saturated carbocycles. The molecule has 1 heterocycles. The molecule has 1 aliphatic heterocycles. The Balaban J connectivity index is 1.37. The van der Waals surface area contributed by atoms with Gasteiger partial charge in [0, 0.05) is 12.5 Å². The van der Waals surface area contributed by atoms with Crippen molar-refractivity contribution in [3.63, 3.8) is 0 Å². The Hall–Kier alpha value is -1.26. The zero-order valence-electron chi connectivity index (χ0n) is 17.6. The average Bonchev–Trinajstić information content (AvgIpc) is 3.13. The summed E-state index contributed by atoms with van der Waals surface area (Å²) in [5, 5.41) is 7.19. The van der Waals surface area contributed by atoms with Gasteiger partial charge in [-0.15, -0.1) is 5.10 Å². The van der Waals surface area contributed by atoms with Gasteiger partial charge in [0.05, 0.1) is 6.04 Å². The van der Waals surface area contributed by atoms with Gasteiger partial charge in [0.2, 0.25) is 5.90 Å². The molecule has 5 nitrogen and oxygen atoms in total. The molecule has 3 fully saturated rings. The molecule has 0 aromatic carbocycles. The molecule has 0 bridgehead atoms. The van der Waals surface area contributed by atoms with Gasteiger partial charge in [0.1, 0.15) is 6.10 Å². The third-order valence-corrected chi connectivity index (χ3v) is 7.45. The van der Waals surface area contributed by atoms with Crippen LogP contribution >= 0.6 is 0 Å². The van der Waals surface area contributed by atoms with E-state index in [-0.39, 0.29) is 6.10 Å². The van der Waals surface area contributed by atoms with Gasteiger partial charge in [-0.1, -0.05) is 51.9 Å². The lowest BCUT2D eigenvalue weighted by molar-refractivity contribution is 0.0291. The van der Waals surface area contributed by atoms with Gasteiger partial charge in [0.15, 0.2) is 0 Å². The van der Waals surface area contributed by atoms with Gasteiger partial charge in [-0.25, -0.2) is 4.79 Å². The number of carbonyl (C=O) groups is 1. The van der Waals surface area contributed by atoms with Crippen LogP contribution in [0.15, 0.2) is 5.10 Å². The minimum atomic E-state index is -0.536. The van der Waals surface area contributed by atoms with Crippen molar-refractivity contribution in [3.8, 4) is 0 Å². The Kier molecular flexibility index (Phi) is 6.79. The third kappa shape index (κ3) is 5.01. The van der Waals surface area contributed by atoms with Crippen LogP contribution in [-0.4, -0.2) is 35.2 Å². The van der Waals surface area contributed by atoms with Crippen LogP contribution in [0, 0.1) is 11.8 Å². The number of ether oxygens (including phenoxy) is 2. The standard InChI is InChI=1S/C23H38N2O3/c1-17-9-8-14-20(15-17)27-23(26)28-22-16-21(18-10-4-2-5-11-18)25(24-22)19-12-6-3-7-13-19/h17-21H,2-16H2,1H3. The fourth-order valence-corrected chi connectivity index (χ4v) is 5.92. The van der Waals surface area contributed by atoms with Crippen molar-refractivity contribution in [1.82, 2.24) is 5.01 Å². The topological polar surface area (TPSA) is 51.1 Å². The van der Waals surface area contributed by atoms with Crippen LogP contribution in [0.5, 0.6) is 0 Å². The van der Waals surface area contributed by atoms with Gasteiger partial charge in [-0.05, 0) is 56.8 Å². The van der Waals surface area contributed by atoms with E-state index in [4.69, 9.17) is 14.6 Å². The summed E-state index contributed by atoms with van der Waals surface area (Å²) in [5.41, 5.74) is 0. The molecule has 3 aliphatic carbocycles. The van der Waals surface area contributed by atoms with Crippen molar-refractivity contribution in [2.45, 2.75) is 121 Å². The zero-order valence-corrected chi connectivity index (χ0v) is 17.6. The van der Waals surface area contributed by atoms with Gasteiger partial charge in [-0.3, -0.25) is 5.01 Å². The fraction of sp³-hybridized carbons (Fsp3) is 0.913. The number of rotatable bonds is 3. The number of hydrazone groups is 1. The highest BCUT2D eigenvalue weighted by atomic mass is 16.7. The van der Waals surface area contributed by atoms with Crippen molar-refractivity contribution in [2.75, 3.05) is 0 Å². The zero-order chi connectivity index (χ0) is 19.3. The quantitative estimate of drug-likeness (QED) is 0.553.